The van der Waals surface area contributed by atoms with Crippen molar-refractivity contribution in [3.63, 3.8) is 0 Å². The minimum absolute atomic E-state index is 0.241. The minimum Gasteiger partial charge on any atom is -0.326 e. The van der Waals surface area contributed by atoms with E-state index in [9.17, 15) is 0 Å². The molecule has 0 amide bonds. The number of aryl methyl sites for hydroxylation is 2. The molecule has 3 aromatic heterocycles. The molecule has 0 radical (unpaired) electrons. The maximum absolute atomic E-state index is 4.56. The van der Waals surface area contributed by atoms with Crippen molar-refractivity contribution in [2.45, 2.75) is 33.4 Å². The number of aromatic nitrogens is 6. The average Bonchev–Trinajstić information content (AvgIpc) is 3.27. The topological polar surface area (TPSA) is 61.4 Å². The van der Waals surface area contributed by atoms with Crippen molar-refractivity contribution in [2.75, 3.05) is 0 Å². The molecule has 0 spiro atoms. The van der Waals surface area contributed by atoms with Gasteiger partial charge in [-0.15, -0.1) is 0 Å². The maximum Gasteiger partial charge on any atom is 0.140 e. The normalized spacial score (nSPS) is 12.8. The van der Waals surface area contributed by atoms with E-state index in [2.05, 4.69) is 54.1 Å². The third-order valence-corrected chi connectivity index (χ3v) is 4.75. The second-order valence-corrected chi connectivity index (χ2v) is 6.61. The Balaban J connectivity index is 1.67. The van der Waals surface area contributed by atoms with Gasteiger partial charge in [-0.05, 0) is 45.0 Å². The summed E-state index contributed by atoms with van der Waals surface area (Å²) in [4.78, 5) is 4.56. The molecule has 1 aromatic carbocycles. The van der Waals surface area contributed by atoms with Gasteiger partial charge >= 0.3 is 0 Å². The standard InChI is InChI=1S/C17H18N6S/c1-11-8-12(2)23(19-11)10-13(3)22-7-6-18-17(22)14-4-5-15-16(9-14)21-24-20-15/h4-9,13H,10H2,1-3H3. The lowest BCUT2D eigenvalue weighted by molar-refractivity contribution is 0.433. The minimum atomic E-state index is 0.241. The fourth-order valence-corrected chi connectivity index (χ4v) is 3.53. The van der Waals surface area contributed by atoms with E-state index >= 15 is 0 Å². The van der Waals surface area contributed by atoms with Crippen LogP contribution in [0.4, 0.5) is 0 Å². The quantitative estimate of drug-likeness (QED) is 0.570. The number of rotatable bonds is 4. The Labute approximate surface area is 144 Å². The summed E-state index contributed by atoms with van der Waals surface area (Å²) in [5.74, 6) is 0.943. The smallest absolute Gasteiger partial charge is 0.140 e. The van der Waals surface area contributed by atoms with Crippen molar-refractivity contribution < 1.29 is 0 Å². The number of hydrogen-bond donors (Lipinski definition) is 0. The predicted molar refractivity (Wildman–Crippen MR) is 95.0 cm³/mol. The van der Waals surface area contributed by atoms with Gasteiger partial charge in [0.2, 0.25) is 0 Å². The summed E-state index contributed by atoms with van der Waals surface area (Å²) in [6.45, 7) is 7.10. The van der Waals surface area contributed by atoms with Crippen LogP contribution in [0.15, 0.2) is 36.7 Å². The molecule has 1 unspecified atom stereocenters. The summed E-state index contributed by atoms with van der Waals surface area (Å²) >= 11 is 1.24. The van der Waals surface area contributed by atoms with Crippen LogP contribution in [0, 0.1) is 13.8 Å². The third-order valence-electron chi connectivity index (χ3n) is 4.20. The molecule has 7 heteroatoms. The largest absolute Gasteiger partial charge is 0.326 e. The lowest BCUT2D eigenvalue weighted by atomic mass is 10.1. The van der Waals surface area contributed by atoms with Gasteiger partial charge in [0.1, 0.15) is 16.9 Å². The number of hydrogen-bond acceptors (Lipinski definition) is 5. The molecular formula is C17H18N6S. The summed E-state index contributed by atoms with van der Waals surface area (Å²) in [6.07, 6.45) is 3.87. The van der Waals surface area contributed by atoms with Gasteiger partial charge in [0.15, 0.2) is 0 Å². The summed E-state index contributed by atoms with van der Waals surface area (Å²) in [5, 5.41) is 4.56. The molecule has 1 atom stereocenters. The first-order valence-corrected chi connectivity index (χ1v) is 8.61. The number of fused-ring (bicyclic) bond motifs is 1. The van der Waals surface area contributed by atoms with Crippen molar-refractivity contribution in [3.8, 4) is 11.4 Å². The highest BCUT2D eigenvalue weighted by molar-refractivity contribution is 7.00. The van der Waals surface area contributed by atoms with Gasteiger partial charge in [-0.3, -0.25) is 4.68 Å². The first kappa shape index (κ1) is 15.0. The maximum atomic E-state index is 4.56. The molecule has 0 aliphatic heterocycles. The third kappa shape index (κ3) is 2.60. The van der Waals surface area contributed by atoms with Crippen LogP contribution in [0.5, 0.6) is 0 Å². The van der Waals surface area contributed by atoms with Crippen molar-refractivity contribution in [2.24, 2.45) is 0 Å². The molecule has 0 aliphatic rings. The monoisotopic (exact) mass is 338 g/mol. The predicted octanol–water partition coefficient (Wildman–Crippen LogP) is 3.63. The number of imidazole rings is 1. The van der Waals surface area contributed by atoms with E-state index in [4.69, 9.17) is 0 Å². The molecule has 0 saturated heterocycles. The molecule has 0 saturated carbocycles. The van der Waals surface area contributed by atoms with Crippen LogP contribution in [0.25, 0.3) is 22.4 Å². The van der Waals surface area contributed by atoms with Gasteiger partial charge in [-0.2, -0.15) is 13.8 Å². The molecule has 0 aliphatic carbocycles. The summed E-state index contributed by atoms with van der Waals surface area (Å²) in [6, 6.07) is 8.44. The number of nitrogens with zero attached hydrogens (tertiary/aromatic N) is 6. The van der Waals surface area contributed by atoms with Crippen molar-refractivity contribution in [3.05, 3.63) is 48.0 Å². The van der Waals surface area contributed by atoms with E-state index in [0.717, 1.165) is 34.7 Å². The van der Waals surface area contributed by atoms with Crippen LogP contribution in [-0.2, 0) is 6.54 Å². The Kier molecular flexibility index (Phi) is 3.65. The van der Waals surface area contributed by atoms with E-state index in [1.165, 1.54) is 17.4 Å². The van der Waals surface area contributed by atoms with Gasteiger partial charge < -0.3 is 4.57 Å². The van der Waals surface area contributed by atoms with Crippen molar-refractivity contribution in [1.82, 2.24) is 28.1 Å². The zero-order valence-electron chi connectivity index (χ0n) is 13.8. The lowest BCUT2D eigenvalue weighted by Crippen LogP contribution is -2.15. The highest BCUT2D eigenvalue weighted by Gasteiger charge is 2.14. The van der Waals surface area contributed by atoms with E-state index in [-0.39, 0.29) is 6.04 Å². The molecular weight excluding hydrogens is 320 g/mol. The molecule has 0 fully saturated rings. The lowest BCUT2D eigenvalue weighted by Gasteiger charge is -2.17. The highest BCUT2D eigenvalue weighted by atomic mass is 32.1. The highest BCUT2D eigenvalue weighted by Crippen LogP contribution is 2.25. The van der Waals surface area contributed by atoms with E-state index < -0.39 is 0 Å². The Hall–Kier alpha value is -2.54. The van der Waals surface area contributed by atoms with Gasteiger partial charge in [0.05, 0.1) is 30.0 Å². The second kappa shape index (κ2) is 5.83. The van der Waals surface area contributed by atoms with E-state index in [1.54, 1.807) is 0 Å². The van der Waals surface area contributed by atoms with Crippen LogP contribution in [0.2, 0.25) is 0 Å². The second-order valence-electron chi connectivity index (χ2n) is 6.08. The molecule has 0 N–H and O–H groups in total. The van der Waals surface area contributed by atoms with E-state index in [0.29, 0.717) is 0 Å². The van der Waals surface area contributed by atoms with Gasteiger partial charge in [-0.25, -0.2) is 4.98 Å². The average molecular weight is 338 g/mol. The molecule has 0 bridgehead atoms. The van der Waals surface area contributed by atoms with Crippen LogP contribution < -0.4 is 0 Å². The molecule has 4 aromatic rings. The van der Waals surface area contributed by atoms with Crippen LogP contribution in [0.3, 0.4) is 0 Å². The zero-order valence-corrected chi connectivity index (χ0v) is 14.7. The molecule has 6 nitrogen and oxygen atoms in total. The van der Waals surface area contributed by atoms with Crippen LogP contribution in [-0.4, -0.2) is 28.1 Å². The Morgan fingerprint density at radius 3 is 2.75 bits per heavy atom. The van der Waals surface area contributed by atoms with Gasteiger partial charge in [-0.1, -0.05) is 0 Å². The molecule has 3 heterocycles. The SMILES string of the molecule is Cc1cc(C)n(CC(C)n2ccnc2-c2ccc3nsnc3c2)n1. The first-order valence-electron chi connectivity index (χ1n) is 7.88. The van der Waals surface area contributed by atoms with E-state index in [1.807, 2.05) is 31.5 Å². The molecule has 4 rings (SSSR count). The van der Waals surface area contributed by atoms with Crippen LogP contribution >= 0.6 is 11.7 Å². The molecule has 24 heavy (non-hydrogen) atoms. The Bertz CT molecular complexity index is 996. The fraction of sp³-hybridized carbons (Fsp3) is 0.294. The van der Waals surface area contributed by atoms with Gasteiger partial charge in [0, 0.05) is 23.7 Å². The molecule has 122 valence electrons. The van der Waals surface area contributed by atoms with Crippen LogP contribution in [0.1, 0.15) is 24.4 Å². The van der Waals surface area contributed by atoms with Crippen molar-refractivity contribution in [1.29, 1.82) is 0 Å². The zero-order chi connectivity index (χ0) is 16.7. The summed E-state index contributed by atoms with van der Waals surface area (Å²) in [7, 11) is 0. The van der Waals surface area contributed by atoms with Crippen molar-refractivity contribution >= 4 is 22.8 Å². The fourth-order valence-electron chi connectivity index (χ4n) is 3.01. The summed E-state index contributed by atoms with van der Waals surface area (Å²) in [5.41, 5.74) is 5.12. The Morgan fingerprint density at radius 1 is 1.12 bits per heavy atom. The first-order chi connectivity index (χ1) is 11.6. The number of benzene rings is 1. The Morgan fingerprint density at radius 2 is 1.96 bits per heavy atom. The summed E-state index contributed by atoms with van der Waals surface area (Å²) < 4.78 is 12.8. The van der Waals surface area contributed by atoms with Gasteiger partial charge in [0.25, 0.3) is 0 Å².